The van der Waals surface area contributed by atoms with Crippen molar-refractivity contribution < 1.29 is 74.1 Å². The molecule has 0 saturated carbocycles. The van der Waals surface area contributed by atoms with Crippen LogP contribution >= 0.6 is 0 Å². The summed E-state index contributed by atoms with van der Waals surface area (Å²) < 4.78 is 35.1. The molecule has 16 heteroatoms. The molecule has 42 heavy (non-hydrogen) atoms. The van der Waals surface area contributed by atoms with Crippen LogP contribution in [0.5, 0.6) is 5.75 Å². The van der Waals surface area contributed by atoms with E-state index in [2.05, 4.69) is 5.32 Å². The van der Waals surface area contributed by atoms with Crippen molar-refractivity contribution in [2.45, 2.75) is 106 Å². The number of para-hydroxylation sites is 1. The highest BCUT2D eigenvalue weighted by Crippen LogP contribution is 2.34. The van der Waals surface area contributed by atoms with Gasteiger partial charge in [-0.15, -0.1) is 0 Å². The van der Waals surface area contributed by atoms with E-state index in [0.29, 0.717) is 5.75 Å². The second kappa shape index (κ2) is 14.2. The van der Waals surface area contributed by atoms with Gasteiger partial charge in [0.25, 0.3) is 0 Å². The molecule has 3 heterocycles. The van der Waals surface area contributed by atoms with Crippen LogP contribution in [0.1, 0.15) is 13.8 Å². The van der Waals surface area contributed by atoms with Crippen LogP contribution in [0.25, 0.3) is 0 Å². The number of hydrogen-bond donors (Lipinski definition) is 9. The molecule has 3 aliphatic heterocycles. The standard InChI is InChI=1S/C26H39NO15/c1-10-16(31)18(33)20(35)25(37-10)41-22-14(9-29)40-24(38-12-6-4-3-5-7-12)15(27-11(2)30)23(22)42-26-21(36)19(34)17(32)13(8-28)39-26/h3-7,10,13-26,28-29,31-36H,8-9H2,1-2H3,(H,27,30). The van der Waals surface area contributed by atoms with Gasteiger partial charge in [0, 0.05) is 6.92 Å². The fourth-order valence-electron chi connectivity index (χ4n) is 5.11. The van der Waals surface area contributed by atoms with Crippen LogP contribution in [0.2, 0.25) is 0 Å². The summed E-state index contributed by atoms with van der Waals surface area (Å²) in [5.74, 6) is -0.257. The van der Waals surface area contributed by atoms with Gasteiger partial charge in [-0.1, -0.05) is 18.2 Å². The van der Waals surface area contributed by atoms with E-state index < -0.39 is 111 Å². The number of carbonyl (C=O) groups excluding carboxylic acids is 1. The van der Waals surface area contributed by atoms with Gasteiger partial charge in [-0.2, -0.15) is 0 Å². The Hall–Kier alpha value is -2.03. The maximum atomic E-state index is 12.3. The van der Waals surface area contributed by atoms with E-state index in [0.717, 1.165) is 0 Å². The minimum Gasteiger partial charge on any atom is -0.463 e. The topological polar surface area (TPSA) is 246 Å². The molecular formula is C26H39NO15. The highest BCUT2D eigenvalue weighted by atomic mass is 16.8. The molecular weight excluding hydrogens is 566 g/mol. The molecule has 0 aromatic heterocycles. The van der Waals surface area contributed by atoms with Crippen LogP contribution in [0.15, 0.2) is 30.3 Å². The molecule has 3 fully saturated rings. The van der Waals surface area contributed by atoms with Crippen molar-refractivity contribution in [3.63, 3.8) is 0 Å². The Bertz CT molecular complexity index is 1000. The predicted octanol–water partition coefficient (Wildman–Crippen LogP) is -4.31. The summed E-state index contributed by atoms with van der Waals surface area (Å²) in [6.07, 6.45) is -21.4. The molecule has 1 aromatic carbocycles. The summed E-state index contributed by atoms with van der Waals surface area (Å²) in [6, 6.07) is 7.07. The van der Waals surface area contributed by atoms with E-state index in [1.807, 2.05) is 0 Å². The largest absolute Gasteiger partial charge is 0.463 e. The van der Waals surface area contributed by atoms with Gasteiger partial charge in [-0.05, 0) is 19.1 Å². The summed E-state index contributed by atoms with van der Waals surface area (Å²) in [4.78, 5) is 12.3. The highest BCUT2D eigenvalue weighted by Gasteiger charge is 2.55. The van der Waals surface area contributed by atoms with Crippen molar-refractivity contribution in [2.75, 3.05) is 13.2 Å². The number of nitrogens with one attached hydrogen (secondary N) is 1. The Morgan fingerprint density at radius 3 is 1.88 bits per heavy atom. The van der Waals surface area contributed by atoms with Gasteiger partial charge >= 0.3 is 0 Å². The van der Waals surface area contributed by atoms with E-state index >= 15 is 0 Å². The van der Waals surface area contributed by atoms with Crippen LogP contribution in [-0.2, 0) is 28.5 Å². The molecule has 16 nitrogen and oxygen atoms in total. The van der Waals surface area contributed by atoms with Crippen molar-refractivity contribution >= 4 is 5.91 Å². The maximum Gasteiger partial charge on any atom is 0.223 e. The van der Waals surface area contributed by atoms with Crippen molar-refractivity contribution in [2.24, 2.45) is 0 Å². The van der Waals surface area contributed by atoms with E-state index in [-0.39, 0.29) is 0 Å². The first kappa shape index (κ1) is 32.9. The lowest BCUT2D eigenvalue weighted by Crippen LogP contribution is -2.70. The predicted molar refractivity (Wildman–Crippen MR) is 136 cm³/mol. The Kier molecular flexibility index (Phi) is 11.1. The molecule has 9 N–H and O–H groups in total. The Balaban J connectivity index is 1.71. The summed E-state index contributed by atoms with van der Waals surface area (Å²) >= 11 is 0. The van der Waals surface area contributed by atoms with Gasteiger partial charge in [0.1, 0.15) is 72.8 Å². The Morgan fingerprint density at radius 1 is 0.738 bits per heavy atom. The number of rotatable bonds is 9. The lowest BCUT2D eigenvalue weighted by molar-refractivity contribution is -0.368. The number of carbonyl (C=O) groups is 1. The van der Waals surface area contributed by atoms with Gasteiger partial charge in [0.2, 0.25) is 12.2 Å². The monoisotopic (exact) mass is 605 g/mol. The zero-order chi connectivity index (χ0) is 30.7. The van der Waals surface area contributed by atoms with Crippen molar-refractivity contribution in [3.05, 3.63) is 30.3 Å². The third-order valence-electron chi connectivity index (χ3n) is 7.43. The molecule has 0 bridgehead atoms. The maximum absolute atomic E-state index is 12.3. The van der Waals surface area contributed by atoms with Crippen LogP contribution in [0, 0.1) is 0 Å². The molecule has 0 aliphatic carbocycles. The van der Waals surface area contributed by atoms with E-state index in [9.17, 15) is 45.6 Å². The summed E-state index contributed by atoms with van der Waals surface area (Å²) in [5, 5.41) is 84.8. The van der Waals surface area contributed by atoms with Crippen LogP contribution in [-0.4, -0.2) is 152 Å². The Labute approximate surface area is 240 Å². The average Bonchev–Trinajstić information content (AvgIpc) is 2.97. The lowest BCUT2D eigenvalue weighted by atomic mass is 9.94. The quantitative estimate of drug-likeness (QED) is 0.129. The van der Waals surface area contributed by atoms with Gasteiger partial charge in [0.05, 0.1) is 19.3 Å². The molecule has 3 aliphatic rings. The highest BCUT2D eigenvalue weighted by molar-refractivity contribution is 5.73. The second-order valence-corrected chi connectivity index (χ2v) is 10.5. The molecule has 238 valence electrons. The van der Waals surface area contributed by atoms with E-state index in [4.69, 9.17) is 28.4 Å². The van der Waals surface area contributed by atoms with Crippen LogP contribution in [0.4, 0.5) is 0 Å². The molecule has 0 spiro atoms. The minimum absolute atomic E-state index is 0.317. The first-order valence-electron chi connectivity index (χ1n) is 13.5. The zero-order valence-corrected chi connectivity index (χ0v) is 22.9. The van der Waals surface area contributed by atoms with E-state index in [1.54, 1.807) is 30.3 Å². The molecule has 15 atom stereocenters. The molecule has 1 aromatic rings. The summed E-state index contributed by atoms with van der Waals surface area (Å²) in [7, 11) is 0. The van der Waals surface area contributed by atoms with Gasteiger partial charge in [-0.25, -0.2) is 0 Å². The molecule has 3 saturated heterocycles. The average molecular weight is 606 g/mol. The van der Waals surface area contributed by atoms with E-state index in [1.165, 1.54) is 13.8 Å². The summed E-state index contributed by atoms with van der Waals surface area (Å²) in [5.41, 5.74) is 0. The minimum atomic E-state index is -1.85. The lowest BCUT2D eigenvalue weighted by Gasteiger charge is -2.50. The van der Waals surface area contributed by atoms with Crippen LogP contribution in [0.3, 0.4) is 0 Å². The van der Waals surface area contributed by atoms with Crippen molar-refractivity contribution in [1.82, 2.24) is 5.32 Å². The molecule has 0 radical (unpaired) electrons. The third kappa shape index (κ3) is 7.02. The number of aliphatic hydroxyl groups excluding tert-OH is 8. The fraction of sp³-hybridized carbons (Fsp3) is 0.731. The smallest absolute Gasteiger partial charge is 0.223 e. The second-order valence-electron chi connectivity index (χ2n) is 10.5. The molecule has 15 unspecified atom stereocenters. The summed E-state index contributed by atoms with van der Waals surface area (Å²) in [6.45, 7) is 1.17. The first-order chi connectivity index (χ1) is 20.0. The molecule has 4 rings (SSSR count). The molecule has 1 amide bonds. The number of amides is 1. The van der Waals surface area contributed by atoms with Crippen LogP contribution < -0.4 is 10.1 Å². The van der Waals surface area contributed by atoms with Gasteiger partial charge in [0.15, 0.2) is 12.6 Å². The normalized spacial score (nSPS) is 44.4. The van der Waals surface area contributed by atoms with Gasteiger partial charge < -0.3 is 74.6 Å². The first-order valence-corrected chi connectivity index (χ1v) is 13.5. The van der Waals surface area contributed by atoms with Crippen molar-refractivity contribution in [3.8, 4) is 5.75 Å². The number of hydrogen-bond acceptors (Lipinski definition) is 15. The van der Waals surface area contributed by atoms with Crippen molar-refractivity contribution in [1.29, 1.82) is 0 Å². The third-order valence-corrected chi connectivity index (χ3v) is 7.43. The fourth-order valence-corrected chi connectivity index (χ4v) is 5.11. The number of ether oxygens (including phenoxy) is 6. The SMILES string of the molecule is CC(=O)NC1C(Oc2ccccc2)OC(CO)C(OC2OC(C)C(O)C(O)C2O)C1OC1OC(CO)C(O)C(O)C1O. The number of benzene rings is 1. The zero-order valence-electron chi connectivity index (χ0n) is 22.9. The van der Waals surface area contributed by atoms with Gasteiger partial charge in [-0.3, -0.25) is 4.79 Å². The Morgan fingerprint density at radius 2 is 1.29 bits per heavy atom. The number of aliphatic hydroxyl groups is 8.